The maximum absolute atomic E-state index is 11.5. The number of ether oxygens (including phenoxy) is 1. The Bertz CT molecular complexity index is 397. The fourth-order valence-electron chi connectivity index (χ4n) is 1.43. The maximum Gasteiger partial charge on any atom is 0.257 e. The molecule has 0 aliphatic heterocycles. The number of rotatable bonds is 7. The van der Waals surface area contributed by atoms with Gasteiger partial charge in [-0.05, 0) is 18.6 Å². The third-order valence-corrected chi connectivity index (χ3v) is 2.70. The standard InChI is InChI=1S/C13H19ClN2O2/c1-2-3-6-16-13(17)9-18-12-7-11(14)5-4-10(12)8-15/h4-5,7H,2-3,6,8-9,15H2,1H3,(H,16,17). The molecule has 0 bridgehead atoms. The number of nitrogens with one attached hydrogen (secondary N) is 1. The van der Waals surface area contributed by atoms with Gasteiger partial charge in [0, 0.05) is 23.7 Å². The lowest BCUT2D eigenvalue weighted by Crippen LogP contribution is -2.29. The van der Waals surface area contributed by atoms with E-state index in [4.69, 9.17) is 22.1 Å². The quantitative estimate of drug-likeness (QED) is 0.746. The molecule has 1 amide bonds. The van der Waals surface area contributed by atoms with Crippen molar-refractivity contribution < 1.29 is 9.53 Å². The maximum atomic E-state index is 11.5. The van der Waals surface area contributed by atoms with Gasteiger partial charge in [-0.3, -0.25) is 4.79 Å². The molecule has 0 fully saturated rings. The Morgan fingerprint density at radius 3 is 2.94 bits per heavy atom. The van der Waals surface area contributed by atoms with Crippen LogP contribution in [0.1, 0.15) is 25.3 Å². The molecule has 0 aliphatic carbocycles. The molecule has 4 nitrogen and oxygen atoms in total. The Hall–Kier alpha value is -1.26. The van der Waals surface area contributed by atoms with Crippen molar-refractivity contribution in [1.29, 1.82) is 0 Å². The Balaban J connectivity index is 2.47. The summed E-state index contributed by atoms with van der Waals surface area (Å²) < 4.78 is 5.42. The molecule has 0 aliphatic rings. The second kappa shape index (κ2) is 7.95. The van der Waals surface area contributed by atoms with Crippen molar-refractivity contribution in [3.63, 3.8) is 0 Å². The lowest BCUT2D eigenvalue weighted by atomic mass is 10.2. The van der Waals surface area contributed by atoms with Crippen LogP contribution in [0.2, 0.25) is 5.02 Å². The zero-order chi connectivity index (χ0) is 13.4. The molecule has 18 heavy (non-hydrogen) atoms. The van der Waals surface area contributed by atoms with Crippen LogP contribution in [0.25, 0.3) is 0 Å². The van der Waals surface area contributed by atoms with Crippen LogP contribution in [0, 0.1) is 0 Å². The topological polar surface area (TPSA) is 64.3 Å². The van der Waals surface area contributed by atoms with E-state index in [0.717, 1.165) is 18.4 Å². The van der Waals surface area contributed by atoms with E-state index in [-0.39, 0.29) is 12.5 Å². The lowest BCUT2D eigenvalue weighted by Gasteiger charge is -2.10. The summed E-state index contributed by atoms with van der Waals surface area (Å²) in [4.78, 5) is 11.5. The first-order chi connectivity index (χ1) is 8.67. The largest absolute Gasteiger partial charge is 0.483 e. The molecule has 0 saturated carbocycles. The van der Waals surface area contributed by atoms with E-state index in [1.165, 1.54) is 0 Å². The van der Waals surface area contributed by atoms with E-state index in [1.54, 1.807) is 18.2 Å². The number of benzene rings is 1. The van der Waals surface area contributed by atoms with E-state index in [0.29, 0.717) is 23.9 Å². The number of nitrogens with two attached hydrogens (primary N) is 1. The highest BCUT2D eigenvalue weighted by Crippen LogP contribution is 2.22. The molecule has 3 N–H and O–H groups in total. The number of amides is 1. The number of halogens is 1. The van der Waals surface area contributed by atoms with E-state index in [2.05, 4.69) is 12.2 Å². The van der Waals surface area contributed by atoms with Gasteiger partial charge in [-0.25, -0.2) is 0 Å². The van der Waals surface area contributed by atoms with Crippen LogP contribution in [0.15, 0.2) is 18.2 Å². The fraction of sp³-hybridized carbons (Fsp3) is 0.462. The van der Waals surface area contributed by atoms with Crippen LogP contribution in [-0.2, 0) is 11.3 Å². The van der Waals surface area contributed by atoms with Crippen LogP contribution in [0.3, 0.4) is 0 Å². The summed E-state index contributed by atoms with van der Waals surface area (Å²) in [6, 6.07) is 5.22. The Kier molecular flexibility index (Phi) is 6.54. The molecule has 1 rings (SSSR count). The summed E-state index contributed by atoms with van der Waals surface area (Å²) in [5.74, 6) is 0.432. The highest BCUT2D eigenvalue weighted by molar-refractivity contribution is 6.30. The highest BCUT2D eigenvalue weighted by Gasteiger charge is 2.06. The van der Waals surface area contributed by atoms with Crippen molar-refractivity contribution in [3.05, 3.63) is 28.8 Å². The van der Waals surface area contributed by atoms with E-state index >= 15 is 0 Å². The van der Waals surface area contributed by atoms with Crippen LogP contribution >= 0.6 is 11.6 Å². The average molecular weight is 271 g/mol. The average Bonchev–Trinajstić information content (AvgIpc) is 2.37. The summed E-state index contributed by atoms with van der Waals surface area (Å²) in [5.41, 5.74) is 6.42. The summed E-state index contributed by atoms with van der Waals surface area (Å²) in [7, 11) is 0. The zero-order valence-corrected chi connectivity index (χ0v) is 11.3. The molecule has 100 valence electrons. The second-order valence-electron chi connectivity index (χ2n) is 3.95. The molecule has 0 unspecified atom stereocenters. The first-order valence-corrected chi connectivity index (χ1v) is 6.43. The summed E-state index contributed by atoms with van der Waals surface area (Å²) >= 11 is 5.87. The molecule has 0 spiro atoms. The first kappa shape index (κ1) is 14.8. The number of hydrogen-bond donors (Lipinski definition) is 2. The van der Waals surface area contributed by atoms with Crippen molar-refractivity contribution in [2.45, 2.75) is 26.3 Å². The van der Waals surface area contributed by atoms with Gasteiger partial charge in [-0.1, -0.05) is 31.0 Å². The van der Waals surface area contributed by atoms with Crippen molar-refractivity contribution in [2.75, 3.05) is 13.2 Å². The van der Waals surface area contributed by atoms with Gasteiger partial charge < -0.3 is 15.8 Å². The van der Waals surface area contributed by atoms with Crippen LogP contribution in [0.4, 0.5) is 0 Å². The van der Waals surface area contributed by atoms with Crippen LogP contribution in [0.5, 0.6) is 5.75 Å². The lowest BCUT2D eigenvalue weighted by molar-refractivity contribution is -0.123. The number of carbonyl (C=O) groups excluding carboxylic acids is 1. The predicted octanol–water partition coefficient (Wildman–Crippen LogP) is 2.09. The van der Waals surface area contributed by atoms with Crippen molar-refractivity contribution in [2.24, 2.45) is 5.73 Å². The third kappa shape index (κ3) is 4.94. The molecule has 0 radical (unpaired) electrons. The molecule has 1 aromatic carbocycles. The van der Waals surface area contributed by atoms with Gasteiger partial charge in [-0.2, -0.15) is 0 Å². The summed E-state index contributed by atoms with van der Waals surface area (Å²) in [6.07, 6.45) is 2.02. The molecule has 0 aromatic heterocycles. The van der Waals surface area contributed by atoms with Gasteiger partial charge in [0.25, 0.3) is 5.91 Å². The molecule has 0 heterocycles. The normalized spacial score (nSPS) is 10.2. The van der Waals surface area contributed by atoms with Gasteiger partial charge in [0.15, 0.2) is 6.61 Å². The summed E-state index contributed by atoms with van der Waals surface area (Å²) in [5, 5.41) is 3.34. The predicted molar refractivity (Wildman–Crippen MR) is 72.8 cm³/mol. The molecule has 0 saturated heterocycles. The van der Waals surface area contributed by atoms with Crippen molar-refractivity contribution in [3.8, 4) is 5.75 Å². The monoisotopic (exact) mass is 270 g/mol. The number of hydrogen-bond acceptors (Lipinski definition) is 3. The smallest absolute Gasteiger partial charge is 0.257 e. The molecular weight excluding hydrogens is 252 g/mol. The summed E-state index contributed by atoms with van der Waals surface area (Å²) in [6.45, 7) is 3.08. The SMILES string of the molecule is CCCCNC(=O)COc1cc(Cl)ccc1CN. The molecule has 0 atom stereocenters. The minimum absolute atomic E-state index is 0.0168. The highest BCUT2D eigenvalue weighted by atomic mass is 35.5. The minimum atomic E-state index is -0.133. The number of unbranched alkanes of at least 4 members (excludes halogenated alkanes) is 1. The van der Waals surface area contributed by atoms with E-state index in [1.807, 2.05) is 0 Å². The van der Waals surface area contributed by atoms with Crippen LogP contribution < -0.4 is 15.8 Å². The Morgan fingerprint density at radius 2 is 2.28 bits per heavy atom. The second-order valence-corrected chi connectivity index (χ2v) is 4.38. The Labute approximate surface area is 112 Å². The van der Waals surface area contributed by atoms with Gasteiger partial charge in [-0.15, -0.1) is 0 Å². The van der Waals surface area contributed by atoms with E-state index in [9.17, 15) is 4.79 Å². The zero-order valence-electron chi connectivity index (χ0n) is 10.5. The number of carbonyl (C=O) groups is 1. The van der Waals surface area contributed by atoms with Gasteiger partial charge >= 0.3 is 0 Å². The van der Waals surface area contributed by atoms with Crippen LogP contribution in [-0.4, -0.2) is 19.1 Å². The van der Waals surface area contributed by atoms with Crippen molar-refractivity contribution >= 4 is 17.5 Å². The molecular formula is C13H19ClN2O2. The van der Waals surface area contributed by atoms with Gasteiger partial charge in [0.05, 0.1) is 0 Å². The third-order valence-electron chi connectivity index (χ3n) is 2.46. The Morgan fingerprint density at radius 1 is 1.50 bits per heavy atom. The minimum Gasteiger partial charge on any atom is -0.483 e. The fourth-order valence-corrected chi connectivity index (χ4v) is 1.59. The van der Waals surface area contributed by atoms with Gasteiger partial charge in [0.1, 0.15) is 5.75 Å². The molecule has 1 aromatic rings. The van der Waals surface area contributed by atoms with E-state index < -0.39 is 0 Å². The molecule has 5 heteroatoms. The van der Waals surface area contributed by atoms with Gasteiger partial charge in [0.2, 0.25) is 0 Å². The first-order valence-electron chi connectivity index (χ1n) is 6.05. The van der Waals surface area contributed by atoms with Crippen molar-refractivity contribution in [1.82, 2.24) is 5.32 Å².